The molecule has 1 aliphatic rings. The van der Waals surface area contributed by atoms with Crippen LogP contribution in [0.25, 0.3) is 0 Å². The summed E-state index contributed by atoms with van der Waals surface area (Å²) >= 11 is 0. The standard InChI is InChI=1S/C17H30N2O2/c1-3-12-19-13-11-18-16(19)14-15(20)17(21-4-2)9-7-5-6-8-10-17/h11,13,15,20H,3-10,12,14H2,1-2H3. The van der Waals surface area contributed by atoms with E-state index in [1.165, 1.54) is 12.8 Å². The molecule has 1 aliphatic carbocycles. The van der Waals surface area contributed by atoms with Crippen molar-refractivity contribution >= 4 is 0 Å². The molecule has 1 N–H and O–H groups in total. The van der Waals surface area contributed by atoms with Crippen LogP contribution >= 0.6 is 0 Å². The number of aliphatic hydroxyl groups is 1. The fraction of sp³-hybridized carbons (Fsp3) is 0.824. The second-order valence-electron chi connectivity index (χ2n) is 6.17. The molecule has 0 radical (unpaired) electrons. The van der Waals surface area contributed by atoms with Crippen molar-refractivity contribution in [3.63, 3.8) is 0 Å². The monoisotopic (exact) mass is 294 g/mol. The van der Waals surface area contributed by atoms with Crippen LogP contribution in [0.5, 0.6) is 0 Å². The van der Waals surface area contributed by atoms with Crippen LogP contribution in [0.15, 0.2) is 12.4 Å². The van der Waals surface area contributed by atoms with Gasteiger partial charge in [0.1, 0.15) is 5.82 Å². The number of nitrogens with zero attached hydrogens (tertiary/aromatic N) is 2. The average molecular weight is 294 g/mol. The Kier molecular flexibility index (Phi) is 6.24. The topological polar surface area (TPSA) is 47.3 Å². The number of hydrogen-bond acceptors (Lipinski definition) is 3. The van der Waals surface area contributed by atoms with Gasteiger partial charge in [-0.2, -0.15) is 0 Å². The molecule has 21 heavy (non-hydrogen) atoms. The van der Waals surface area contributed by atoms with Gasteiger partial charge in [0.05, 0.1) is 11.7 Å². The number of imidazole rings is 1. The predicted molar refractivity (Wildman–Crippen MR) is 84.3 cm³/mol. The molecule has 1 aromatic heterocycles. The Morgan fingerprint density at radius 1 is 1.29 bits per heavy atom. The number of aryl methyl sites for hydroxylation is 1. The molecule has 1 fully saturated rings. The van der Waals surface area contributed by atoms with Gasteiger partial charge in [0.25, 0.3) is 0 Å². The van der Waals surface area contributed by atoms with Crippen molar-refractivity contribution in [3.05, 3.63) is 18.2 Å². The molecule has 1 aromatic rings. The number of hydrogen-bond donors (Lipinski definition) is 1. The highest BCUT2D eigenvalue weighted by atomic mass is 16.5. The van der Waals surface area contributed by atoms with Crippen molar-refractivity contribution in [3.8, 4) is 0 Å². The van der Waals surface area contributed by atoms with Crippen LogP contribution in [0.1, 0.15) is 64.6 Å². The number of aliphatic hydroxyl groups excluding tert-OH is 1. The molecule has 4 heteroatoms. The van der Waals surface area contributed by atoms with Crippen LogP contribution in [0.2, 0.25) is 0 Å². The molecular weight excluding hydrogens is 264 g/mol. The summed E-state index contributed by atoms with van der Waals surface area (Å²) in [6.45, 7) is 5.81. The second-order valence-corrected chi connectivity index (χ2v) is 6.17. The minimum atomic E-state index is -0.464. The summed E-state index contributed by atoms with van der Waals surface area (Å²) in [6, 6.07) is 0. The van der Waals surface area contributed by atoms with Crippen molar-refractivity contribution < 1.29 is 9.84 Å². The number of rotatable bonds is 7. The zero-order chi connectivity index (χ0) is 15.1. The minimum Gasteiger partial charge on any atom is -0.390 e. The van der Waals surface area contributed by atoms with Crippen LogP contribution in [0.3, 0.4) is 0 Å². The summed E-state index contributed by atoms with van der Waals surface area (Å²) in [5.74, 6) is 0.979. The van der Waals surface area contributed by atoms with Gasteiger partial charge in [-0.05, 0) is 26.2 Å². The largest absolute Gasteiger partial charge is 0.390 e. The molecule has 1 saturated carbocycles. The maximum absolute atomic E-state index is 10.9. The maximum Gasteiger partial charge on any atom is 0.111 e. The third-order valence-corrected chi connectivity index (χ3v) is 4.63. The molecule has 120 valence electrons. The van der Waals surface area contributed by atoms with Gasteiger partial charge in [-0.15, -0.1) is 0 Å². The van der Waals surface area contributed by atoms with E-state index in [0.717, 1.165) is 44.5 Å². The fourth-order valence-corrected chi connectivity index (χ4v) is 3.52. The van der Waals surface area contributed by atoms with E-state index >= 15 is 0 Å². The Morgan fingerprint density at radius 2 is 2.00 bits per heavy atom. The van der Waals surface area contributed by atoms with Gasteiger partial charge in [0, 0.05) is 32.0 Å². The van der Waals surface area contributed by atoms with Crippen LogP contribution < -0.4 is 0 Å². The summed E-state index contributed by atoms with van der Waals surface area (Å²) in [4.78, 5) is 4.43. The lowest BCUT2D eigenvalue weighted by atomic mass is 9.86. The number of ether oxygens (including phenoxy) is 1. The quantitative estimate of drug-likeness (QED) is 0.785. The van der Waals surface area contributed by atoms with Crippen LogP contribution in [-0.4, -0.2) is 33.0 Å². The highest BCUT2D eigenvalue weighted by Gasteiger charge is 2.39. The molecule has 0 aliphatic heterocycles. The Bertz CT molecular complexity index is 409. The molecule has 0 bridgehead atoms. The lowest BCUT2D eigenvalue weighted by Gasteiger charge is -2.37. The van der Waals surface area contributed by atoms with Crippen molar-refractivity contribution in [1.82, 2.24) is 9.55 Å². The van der Waals surface area contributed by atoms with Gasteiger partial charge in [-0.3, -0.25) is 0 Å². The molecule has 1 atom stereocenters. The molecule has 0 spiro atoms. The number of aromatic nitrogens is 2. The van der Waals surface area contributed by atoms with Gasteiger partial charge >= 0.3 is 0 Å². The molecule has 0 saturated heterocycles. The summed E-state index contributed by atoms with van der Waals surface area (Å²) in [6.07, 6.45) is 11.8. The first-order valence-corrected chi connectivity index (χ1v) is 8.54. The molecule has 4 nitrogen and oxygen atoms in total. The first kappa shape index (κ1) is 16.5. The normalized spacial score (nSPS) is 20.1. The van der Waals surface area contributed by atoms with E-state index in [4.69, 9.17) is 4.74 Å². The Labute approximate surface area is 128 Å². The van der Waals surface area contributed by atoms with E-state index in [1.807, 2.05) is 19.3 Å². The maximum atomic E-state index is 10.9. The van der Waals surface area contributed by atoms with E-state index in [-0.39, 0.29) is 5.60 Å². The van der Waals surface area contributed by atoms with Gasteiger partial charge < -0.3 is 14.4 Å². The second kappa shape index (κ2) is 7.95. The van der Waals surface area contributed by atoms with Gasteiger partial charge in [0.15, 0.2) is 0 Å². The summed E-state index contributed by atoms with van der Waals surface area (Å²) in [5.41, 5.74) is -0.367. The first-order valence-electron chi connectivity index (χ1n) is 8.54. The van der Waals surface area contributed by atoms with Crippen molar-refractivity contribution in [1.29, 1.82) is 0 Å². The zero-order valence-electron chi connectivity index (χ0n) is 13.6. The van der Waals surface area contributed by atoms with Crippen molar-refractivity contribution in [2.24, 2.45) is 0 Å². The van der Waals surface area contributed by atoms with E-state index in [2.05, 4.69) is 16.5 Å². The van der Waals surface area contributed by atoms with Gasteiger partial charge in [-0.1, -0.05) is 32.6 Å². The van der Waals surface area contributed by atoms with Crippen molar-refractivity contribution in [2.75, 3.05) is 6.61 Å². The highest BCUT2D eigenvalue weighted by molar-refractivity contribution is 5.00. The zero-order valence-corrected chi connectivity index (χ0v) is 13.6. The summed E-state index contributed by atoms with van der Waals surface area (Å²) < 4.78 is 8.23. The predicted octanol–water partition coefficient (Wildman–Crippen LogP) is 3.33. The van der Waals surface area contributed by atoms with E-state index in [0.29, 0.717) is 13.0 Å². The van der Waals surface area contributed by atoms with Crippen molar-refractivity contribution in [2.45, 2.75) is 83.5 Å². The van der Waals surface area contributed by atoms with Gasteiger partial charge in [0.2, 0.25) is 0 Å². The third-order valence-electron chi connectivity index (χ3n) is 4.63. The summed E-state index contributed by atoms with van der Waals surface area (Å²) in [7, 11) is 0. The molecule has 1 unspecified atom stereocenters. The van der Waals surface area contributed by atoms with Crippen LogP contribution in [0, 0.1) is 0 Å². The average Bonchev–Trinajstić information content (AvgIpc) is 2.75. The fourth-order valence-electron chi connectivity index (χ4n) is 3.52. The third kappa shape index (κ3) is 4.07. The molecule has 1 heterocycles. The molecule has 2 rings (SSSR count). The van der Waals surface area contributed by atoms with E-state index in [1.54, 1.807) is 0 Å². The Hall–Kier alpha value is -0.870. The summed E-state index contributed by atoms with van der Waals surface area (Å²) in [5, 5.41) is 10.9. The lowest BCUT2D eigenvalue weighted by molar-refractivity contribution is -0.129. The highest BCUT2D eigenvalue weighted by Crippen LogP contribution is 2.34. The lowest BCUT2D eigenvalue weighted by Crippen LogP contribution is -2.46. The minimum absolute atomic E-state index is 0.367. The SMILES string of the molecule is CCCn1ccnc1CC(O)C1(OCC)CCCCCC1. The molecule has 0 amide bonds. The first-order chi connectivity index (χ1) is 10.2. The molecule has 0 aromatic carbocycles. The van der Waals surface area contributed by atoms with Crippen LogP contribution in [-0.2, 0) is 17.7 Å². The molecular formula is C17H30N2O2. The Balaban J connectivity index is 2.10. The van der Waals surface area contributed by atoms with Crippen LogP contribution in [0.4, 0.5) is 0 Å². The Morgan fingerprint density at radius 3 is 2.62 bits per heavy atom. The van der Waals surface area contributed by atoms with E-state index < -0.39 is 6.10 Å². The van der Waals surface area contributed by atoms with Gasteiger partial charge in [-0.25, -0.2) is 4.98 Å². The smallest absolute Gasteiger partial charge is 0.111 e. The van der Waals surface area contributed by atoms with E-state index in [9.17, 15) is 5.11 Å².